The number of fused-ring (bicyclic) bond motifs is 1. The fourth-order valence-corrected chi connectivity index (χ4v) is 4.20. The smallest absolute Gasteiger partial charge is 0.181 e. The van der Waals surface area contributed by atoms with Gasteiger partial charge in [-0.2, -0.15) is 5.10 Å². The van der Waals surface area contributed by atoms with Crippen LogP contribution in [-0.2, 0) is 11.8 Å². The van der Waals surface area contributed by atoms with Crippen molar-refractivity contribution in [1.29, 1.82) is 0 Å². The normalized spacial score (nSPS) is 17.5. The van der Waals surface area contributed by atoms with Crippen LogP contribution in [0.5, 0.6) is 11.5 Å². The first-order valence-electron chi connectivity index (χ1n) is 9.68. The van der Waals surface area contributed by atoms with Crippen LogP contribution in [-0.4, -0.2) is 29.4 Å². The summed E-state index contributed by atoms with van der Waals surface area (Å²) in [5, 5.41) is 7.71. The molecule has 30 heavy (non-hydrogen) atoms. The Morgan fingerprint density at radius 2 is 1.83 bits per heavy atom. The standard InChI is InChI=1S/C24H21N3O3/c1-28-20-9-8-17(12-21(20)29-2)24(16-6-4-3-5-7-16)11-10-18-19(13-24)26-27-23(18)22-14-25-15-30-22/h3-12,14-15H,13H2,1-2H3,(H,26,27). The Bertz CT molecular complexity index is 1200. The van der Waals surface area contributed by atoms with Crippen molar-refractivity contribution in [3.8, 4) is 23.0 Å². The number of H-pyrrole nitrogens is 1. The molecule has 1 aliphatic carbocycles. The topological polar surface area (TPSA) is 73.2 Å². The molecule has 0 amide bonds. The van der Waals surface area contributed by atoms with Gasteiger partial charge < -0.3 is 13.9 Å². The summed E-state index contributed by atoms with van der Waals surface area (Å²) >= 11 is 0. The van der Waals surface area contributed by atoms with Crippen LogP contribution in [0.2, 0.25) is 0 Å². The molecule has 2 aromatic heterocycles. The van der Waals surface area contributed by atoms with Crippen LogP contribution in [0.25, 0.3) is 17.5 Å². The quantitative estimate of drug-likeness (QED) is 0.529. The van der Waals surface area contributed by atoms with Crippen molar-refractivity contribution >= 4 is 6.08 Å². The van der Waals surface area contributed by atoms with Crippen LogP contribution in [0.15, 0.2) is 71.6 Å². The summed E-state index contributed by atoms with van der Waals surface area (Å²) in [6.07, 6.45) is 8.17. The fourth-order valence-electron chi connectivity index (χ4n) is 4.20. The van der Waals surface area contributed by atoms with E-state index in [0.29, 0.717) is 17.3 Å². The predicted molar refractivity (Wildman–Crippen MR) is 114 cm³/mol. The van der Waals surface area contributed by atoms with Gasteiger partial charge in [0.05, 0.1) is 20.4 Å². The molecule has 0 fully saturated rings. The first kappa shape index (κ1) is 18.2. The molecule has 4 aromatic rings. The van der Waals surface area contributed by atoms with Crippen LogP contribution < -0.4 is 9.47 Å². The Hall–Kier alpha value is -3.80. The molecule has 6 heteroatoms. The molecular weight excluding hydrogens is 378 g/mol. The van der Waals surface area contributed by atoms with Gasteiger partial charge in [0, 0.05) is 23.1 Å². The molecule has 0 aliphatic heterocycles. The number of methoxy groups -OCH3 is 2. The number of allylic oxidation sites excluding steroid dienone is 1. The van der Waals surface area contributed by atoms with Gasteiger partial charge in [0.25, 0.3) is 0 Å². The summed E-state index contributed by atoms with van der Waals surface area (Å²) in [7, 11) is 3.30. The summed E-state index contributed by atoms with van der Waals surface area (Å²) in [5.74, 6) is 2.06. The van der Waals surface area contributed by atoms with E-state index in [1.54, 1.807) is 20.4 Å². The Morgan fingerprint density at radius 3 is 2.57 bits per heavy atom. The number of oxazole rings is 1. The SMILES string of the molecule is COc1ccc(C2(c3ccccc3)C=Cc3c(-c4cnco4)n[nH]c3C2)cc1OC. The van der Waals surface area contributed by atoms with Crippen molar-refractivity contribution in [2.24, 2.45) is 0 Å². The molecule has 5 rings (SSSR count). The molecule has 0 bridgehead atoms. The molecular formula is C24H21N3O3. The number of ether oxygens (including phenoxy) is 2. The van der Waals surface area contributed by atoms with Gasteiger partial charge in [-0.3, -0.25) is 5.10 Å². The number of rotatable bonds is 5. The van der Waals surface area contributed by atoms with Gasteiger partial charge in [0.15, 0.2) is 23.7 Å². The van der Waals surface area contributed by atoms with Crippen molar-refractivity contribution in [2.45, 2.75) is 11.8 Å². The van der Waals surface area contributed by atoms with Crippen molar-refractivity contribution < 1.29 is 13.9 Å². The fraction of sp³-hybridized carbons (Fsp3) is 0.167. The highest BCUT2D eigenvalue weighted by atomic mass is 16.5. The van der Waals surface area contributed by atoms with Crippen LogP contribution in [0.3, 0.4) is 0 Å². The zero-order valence-electron chi connectivity index (χ0n) is 16.8. The van der Waals surface area contributed by atoms with Gasteiger partial charge in [-0.05, 0) is 23.3 Å². The molecule has 0 radical (unpaired) electrons. The highest BCUT2D eigenvalue weighted by molar-refractivity contribution is 5.74. The minimum absolute atomic E-state index is 0.376. The highest BCUT2D eigenvalue weighted by Gasteiger charge is 2.37. The lowest BCUT2D eigenvalue weighted by atomic mass is 9.68. The zero-order valence-corrected chi connectivity index (χ0v) is 16.8. The summed E-state index contributed by atoms with van der Waals surface area (Å²) in [6, 6.07) is 16.6. The second-order valence-electron chi connectivity index (χ2n) is 7.25. The Kier molecular flexibility index (Phi) is 4.39. The van der Waals surface area contributed by atoms with E-state index in [-0.39, 0.29) is 5.41 Å². The van der Waals surface area contributed by atoms with Crippen LogP contribution in [0, 0.1) is 0 Å². The third kappa shape index (κ3) is 2.80. The van der Waals surface area contributed by atoms with Gasteiger partial charge in [0.2, 0.25) is 0 Å². The molecule has 2 heterocycles. The predicted octanol–water partition coefficient (Wildman–Crippen LogP) is 4.64. The number of hydrogen-bond donors (Lipinski definition) is 1. The molecule has 2 aromatic carbocycles. The van der Waals surface area contributed by atoms with Crippen molar-refractivity contribution in [2.75, 3.05) is 14.2 Å². The Labute approximate surface area is 174 Å². The van der Waals surface area contributed by atoms with Crippen LogP contribution in [0.1, 0.15) is 22.4 Å². The second kappa shape index (κ2) is 7.22. The van der Waals surface area contributed by atoms with E-state index < -0.39 is 0 Å². The van der Waals surface area contributed by atoms with Gasteiger partial charge in [0.1, 0.15) is 5.69 Å². The van der Waals surface area contributed by atoms with E-state index >= 15 is 0 Å². The van der Waals surface area contributed by atoms with E-state index in [4.69, 9.17) is 13.9 Å². The average Bonchev–Trinajstić information content (AvgIpc) is 3.48. The lowest BCUT2D eigenvalue weighted by Crippen LogP contribution is -2.30. The molecule has 6 nitrogen and oxygen atoms in total. The maximum atomic E-state index is 5.58. The lowest BCUT2D eigenvalue weighted by Gasteiger charge is -2.34. The van der Waals surface area contributed by atoms with Crippen molar-refractivity contribution in [1.82, 2.24) is 15.2 Å². The van der Waals surface area contributed by atoms with Crippen molar-refractivity contribution in [3.05, 3.63) is 89.6 Å². The molecule has 1 N–H and O–H groups in total. The van der Waals surface area contributed by atoms with E-state index in [0.717, 1.165) is 28.9 Å². The summed E-state index contributed by atoms with van der Waals surface area (Å²) in [5.41, 5.74) is 4.77. The maximum Gasteiger partial charge on any atom is 0.181 e. The summed E-state index contributed by atoms with van der Waals surface area (Å²) in [4.78, 5) is 4.02. The monoisotopic (exact) mass is 399 g/mol. The average molecular weight is 399 g/mol. The van der Waals surface area contributed by atoms with Gasteiger partial charge in [-0.25, -0.2) is 4.98 Å². The molecule has 1 unspecified atom stereocenters. The van der Waals surface area contributed by atoms with Crippen molar-refractivity contribution in [3.63, 3.8) is 0 Å². The van der Waals surface area contributed by atoms with Gasteiger partial charge in [-0.15, -0.1) is 0 Å². The first-order valence-corrected chi connectivity index (χ1v) is 9.68. The Morgan fingerprint density at radius 1 is 1.00 bits per heavy atom. The van der Waals surface area contributed by atoms with E-state index in [1.807, 2.05) is 12.1 Å². The molecule has 150 valence electrons. The third-order valence-corrected chi connectivity index (χ3v) is 5.73. The molecule has 0 spiro atoms. The summed E-state index contributed by atoms with van der Waals surface area (Å²) < 4.78 is 16.5. The van der Waals surface area contributed by atoms with Crippen LogP contribution >= 0.6 is 0 Å². The minimum Gasteiger partial charge on any atom is -0.493 e. The van der Waals surface area contributed by atoms with Gasteiger partial charge in [-0.1, -0.05) is 48.6 Å². The Balaban J connectivity index is 1.67. The molecule has 0 saturated heterocycles. The largest absolute Gasteiger partial charge is 0.493 e. The first-order chi connectivity index (χ1) is 14.7. The maximum absolute atomic E-state index is 5.58. The molecule has 1 atom stereocenters. The van der Waals surface area contributed by atoms with E-state index in [1.165, 1.54) is 12.0 Å². The number of nitrogens with one attached hydrogen (secondary N) is 1. The summed E-state index contributed by atoms with van der Waals surface area (Å²) in [6.45, 7) is 0. The van der Waals surface area contributed by atoms with Gasteiger partial charge >= 0.3 is 0 Å². The lowest BCUT2D eigenvalue weighted by molar-refractivity contribution is 0.354. The number of nitrogens with zero attached hydrogens (tertiary/aromatic N) is 2. The molecule has 1 aliphatic rings. The minimum atomic E-state index is -0.376. The number of benzene rings is 2. The van der Waals surface area contributed by atoms with Crippen LogP contribution in [0.4, 0.5) is 0 Å². The number of aromatic nitrogens is 3. The second-order valence-corrected chi connectivity index (χ2v) is 7.25. The number of hydrogen-bond acceptors (Lipinski definition) is 5. The van der Waals surface area contributed by atoms with E-state index in [9.17, 15) is 0 Å². The highest BCUT2D eigenvalue weighted by Crippen LogP contribution is 2.44. The zero-order chi connectivity index (χ0) is 20.6. The molecule has 0 saturated carbocycles. The number of aromatic amines is 1. The van der Waals surface area contributed by atoms with E-state index in [2.05, 4.69) is 63.7 Å². The third-order valence-electron chi connectivity index (χ3n) is 5.73.